The van der Waals surface area contributed by atoms with E-state index in [1.165, 1.54) is 4.31 Å². The molecule has 1 aliphatic rings. The fourth-order valence-corrected chi connectivity index (χ4v) is 5.00. The summed E-state index contributed by atoms with van der Waals surface area (Å²) in [5.74, 6) is 1.22. The summed E-state index contributed by atoms with van der Waals surface area (Å²) in [5.41, 5.74) is 1.81. The lowest BCUT2D eigenvalue weighted by Gasteiger charge is -2.36. The maximum atomic E-state index is 12.7. The molecule has 1 aliphatic heterocycles. The molecule has 1 N–H and O–H groups in total. The van der Waals surface area contributed by atoms with Gasteiger partial charge in [-0.25, -0.2) is 8.42 Å². The average Bonchev–Trinajstić information content (AvgIpc) is 2.80. The van der Waals surface area contributed by atoms with Crippen molar-refractivity contribution in [1.29, 1.82) is 0 Å². The van der Waals surface area contributed by atoms with Gasteiger partial charge in [0.15, 0.2) is 0 Å². The van der Waals surface area contributed by atoms with E-state index in [2.05, 4.69) is 10.2 Å². The smallest absolute Gasteiger partial charge is 0.224 e. The van der Waals surface area contributed by atoms with Crippen molar-refractivity contribution in [3.8, 4) is 11.5 Å². The van der Waals surface area contributed by atoms with Crippen molar-refractivity contribution < 1.29 is 22.7 Å². The number of anilines is 1. The van der Waals surface area contributed by atoms with Crippen molar-refractivity contribution in [2.45, 2.75) is 13.3 Å². The Morgan fingerprint density at radius 1 is 1.03 bits per heavy atom. The molecule has 0 atom stereocenters. The van der Waals surface area contributed by atoms with E-state index in [-0.39, 0.29) is 24.6 Å². The molecule has 1 saturated heterocycles. The van der Waals surface area contributed by atoms with Crippen molar-refractivity contribution in [1.82, 2.24) is 9.62 Å². The molecule has 0 spiro atoms. The molecule has 1 heterocycles. The van der Waals surface area contributed by atoms with Gasteiger partial charge in [0.1, 0.15) is 11.5 Å². The average molecular weight is 462 g/mol. The SMILES string of the molecule is CCOc1ccc(CC(=O)NCCS(=O)(=O)N2CCN(c3ccccc3OC)CC2)cc1. The van der Waals surface area contributed by atoms with Gasteiger partial charge in [-0.05, 0) is 36.8 Å². The van der Waals surface area contributed by atoms with Crippen molar-refractivity contribution in [3.05, 3.63) is 54.1 Å². The van der Waals surface area contributed by atoms with Crippen LogP contribution in [0, 0.1) is 0 Å². The molecule has 1 amide bonds. The van der Waals surface area contributed by atoms with Gasteiger partial charge in [0.25, 0.3) is 0 Å². The highest BCUT2D eigenvalue weighted by Crippen LogP contribution is 2.28. The predicted octanol–water partition coefficient (Wildman–Crippen LogP) is 1.90. The number of hydrogen-bond acceptors (Lipinski definition) is 6. The number of sulfonamides is 1. The maximum Gasteiger partial charge on any atom is 0.224 e. The Morgan fingerprint density at radius 3 is 2.38 bits per heavy atom. The van der Waals surface area contributed by atoms with E-state index in [1.807, 2.05) is 55.5 Å². The van der Waals surface area contributed by atoms with E-state index < -0.39 is 10.0 Å². The summed E-state index contributed by atoms with van der Waals surface area (Å²) in [7, 11) is -1.81. The summed E-state index contributed by atoms with van der Waals surface area (Å²) in [6.45, 7) is 4.57. The van der Waals surface area contributed by atoms with E-state index in [4.69, 9.17) is 9.47 Å². The molecule has 32 heavy (non-hydrogen) atoms. The van der Waals surface area contributed by atoms with Gasteiger partial charge in [-0.3, -0.25) is 4.79 Å². The molecular formula is C23H31N3O5S. The molecule has 174 valence electrons. The second kappa shape index (κ2) is 11.2. The number of nitrogens with one attached hydrogen (secondary N) is 1. The van der Waals surface area contributed by atoms with E-state index in [9.17, 15) is 13.2 Å². The van der Waals surface area contributed by atoms with Crippen LogP contribution >= 0.6 is 0 Å². The first-order chi connectivity index (χ1) is 15.4. The minimum atomic E-state index is -3.44. The largest absolute Gasteiger partial charge is 0.495 e. The van der Waals surface area contributed by atoms with Gasteiger partial charge in [-0.1, -0.05) is 24.3 Å². The first kappa shape index (κ1) is 23.9. The Bertz CT molecular complexity index is 987. The Balaban J connectivity index is 1.44. The van der Waals surface area contributed by atoms with E-state index in [1.54, 1.807) is 7.11 Å². The van der Waals surface area contributed by atoms with Crippen molar-refractivity contribution in [2.75, 3.05) is 57.1 Å². The van der Waals surface area contributed by atoms with Gasteiger partial charge in [0, 0.05) is 32.7 Å². The highest BCUT2D eigenvalue weighted by molar-refractivity contribution is 7.89. The monoisotopic (exact) mass is 461 g/mol. The Morgan fingerprint density at radius 2 is 1.72 bits per heavy atom. The van der Waals surface area contributed by atoms with Crippen molar-refractivity contribution in [2.24, 2.45) is 0 Å². The summed E-state index contributed by atoms with van der Waals surface area (Å²) < 4.78 is 37.7. The van der Waals surface area contributed by atoms with Gasteiger partial charge >= 0.3 is 0 Å². The number of carbonyl (C=O) groups excluding carboxylic acids is 1. The molecule has 0 aliphatic carbocycles. The molecular weight excluding hydrogens is 430 g/mol. The maximum absolute atomic E-state index is 12.7. The Kier molecular flexibility index (Phi) is 8.35. The van der Waals surface area contributed by atoms with Gasteiger partial charge in [-0.2, -0.15) is 4.31 Å². The molecule has 9 heteroatoms. The van der Waals surface area contributed by atoms with Crippen LogP contribution in [0.1, 0.15) is 12.5 Å². The molecule has 0 unspecified atom stereocenters. The molecule has 0 saturated carbocycles. The van der Waals surface area contributed by atoms with Crippen LogP contribution in [-0.2, 0) is 21.2 Å². The Hall–Kier alpha value is -2.78. The van der Waals surface area contributed by atoms with Crippen LogP contribution in [0.15, 0.2) is 48.5 Å². The van der Waals surface area contributed by atoms with E-state index in [0.717, 1.165) is 22.7 Å². The van der Waals surface area contributed by atoms with Crippen LogP contribution in [0.4, 0.5) is 5.69 Å². The first-order valence-corrected chi connectivity index (χ1v) is 12.4. The molecule has 2 aromatic carbocycles. The van der Waals surface area contributed by atoms with E-state index in [0.29, 0.717) is 32.8 Å². The van der Waals surface area contributed by atoms with Crippen LogP contribution in [-0.4, -0.2) is 70.8 Å². The number of nitrogens with zero attached hydrogens (tertiary/aromatic N) is 2. The molecule has 8 nitrogen and oxygen atoms in total. The number of carbonyl (C=O) groups is 1. The number of methoxy groups -OCH3 is 1. The second-order valence-electron chi connectivity index (χ2n) is 7.48. The number of hydrogen-bond donors (Lipinski definition) is 1. The molecule has 0 bridgehead atoms. The normalized spacial score (nSPS) is 14.8. The van der Waals surface area contributed by atoms with Crippen molar-refractivity contribution in [3.63, 3.8) is 0 Å². The minimum Gasteiger partial charge on any atom is -0.495 e. The predicted molar refractivity (Wildman–Crippen MR) is 125 cm³/mol. The van der Waals surface area contributed by atoms with Crippen LogP contribution in [0.5, 0.6) is 11.5 Å². The number of ether oxygens (including phenoxy) is 2. The minimum absolute atomic E-state index is 0.0882. The highest BCUT2D eigenvalue weighted by atomic mass is 32.2. The molecule has 3 rings (SSSR count). The molecule has 2 aromatic rings. The second-order valence-corrected chi connectivity index (χ2v) is 9.57. The van der Waals surface area contributed by atoms with Crippen LogP contribution < -0.4 is 19.7 Å². The summed E-state index contributed by atoms with van der Waals surface area (Å²) in [6, 6.07) is 15.0. The Labute approximate surface area is 190 Å². The third-order valence-corrected chi connectivity index (χ3v) is 7.21. The number of para-hydroxylation sites is 2. The van der Waals surface area contributed by atoms with Crippen LogP contribution in [0.3, 0.4) is 0 Å². The zero-order chi connectivity index (χ0) is 23.0. The zero-order valence-corrected chi connectivity index (χ0v) is 19.4. The lowest BCUT2D eigenvalue weighted by atomic mass is 10.1. The first-order valence-electron chi connectivity index (χ1n) is 10.8. The van der Waals surface area contributed by atoms with Gasteiger partial charge in [0.2, 0.25) is 15.9 Å². The summed E-state index contributed by atoms with van der Waals surface area (Å²) in [4.78, 5) is 14.3. The summed E-state index contributed by atoms with van der Waals surface area (Å²) >= 11 is 0. The van der Waals surface area contributed by atoms with Gasteiger partial charge < -0.3 is 19.7 Å². The van der Waals surface area contributed by atoms with Crippen molar-refractivity contribution >= 4 is 21.6 Å². The van der Waals surface area contributed by atoms with E-state index >= 15 is 0 Å². The number of benzene rings is 2. The summed E-state index contributed by atoms with van der Waals surface area (Å²) in [5, 5.41) is 2.71. The van der Waals surface area contributed by atoms with Gasteiger partial charge in [-0.15, -0.1) is 0 Å². The lowest BCUT2D eigenvalue weighted by molar-refractivity contribution is -0.120. The third-order valence-electron chi connectivity index (χ3n) is 5.34. The standard InChI is InChI=1S/C23H31N3O5S/c1-3-31-20-10-8-19(9-11-20)18-23(27)24-12-17-32(28,29)26-15-13-25(14-16-26)21-6-4-5-7-22(21)30-2/h4-11H,3,12-18H2,1-2H3,(H,24,27). The zero-order valence-electron chi connectivity index (χ0n) is 18.6. The van der Waals surface area contributed by atoms with Crippen LogP contribution in [0.2, 0.25) is 0 Å². The molecule has 0 aromatic heterocycles. The fraction of sp³-hybridized carbons (Fsp3) is 0.435. The van der Waals surface area contributed by atoms with Gasteiger partial charge in [0.05, 0.1) is 31.6 Å². The topological polar surface area (TPSA) is 88.2 Å². The highest BCUT2D eigenvalue weighted by Gasteiger charge is 2.27. The molecule has 1 fully saturated rings. The van der Waals surface area contributed by atoms with Crippen LogP contribution in [0.25, 0.3) is 0 Å². The quantitative estimate of drug-likeness (QED) is 0.582. The number of rotatable bonds is 10. The number of piperazine rings is 1. The lowest BCUT2D eigenvalue weighted by Crippen LogP contribution is -2.50. The fourth-order valence-electron chi connectivity index (χ4n) is 3.66. The molecule has 0 radical (unpaired) electrons. The summed E-state index contributed by atoms with van der Waals surface area (Å²) in [6.07, 6.45) is 0.198. The number of amides is 1. The third kappa shape index (κ3) is 6.37.